The van der Waals surface area contributed by atoms with Crippen molar-refractivity contribution < 1.29 is 28.7 Å². The largest absolute Gasteiger partial charge is 0.462 e. The Balaban J connectivity index is 1.26. The van der Waals surface area contributed by atoms with Crippen molar-refractivity contribution in [2.24, 2.45) is 0 Å². The summed E-state index contributed by atoms with van der Waals surface area (Å²) in [6.07, 6.45) is 2.01. The molecule has 1 unspecified atom stereocenters. The average Bonchev–Trinajstić information content (AvgIpc) is 3.54. The first kappa shape index (κ1) is 39.0. The van der Waals surface area contributed by atoms with E-state index in [1.54, 1.807) is 90.7 Å². The average molecular weight is 793 g/mol. The lowest BCUT2D eigenvalue weighted by Crippen LogP contribution is -2.34. The molecule has 4 aromatic carbocycles. The van der Waals surface area contributed by atoms with Crippen molar-refractivity contribution in [2.45, 2.75) is 37.0 Å². The van der Waals surface area contributed by atoms with Crippen molar-refractivity contribution >= 4 is 81.1 Å². The molecule has 0 fully saturated rings. The number of benzene rings is 4. The second-order valence-electron chi connectivity index (χ2n) is 12.4. The van der Waals surface area contributed by atoms with Crippen molar-refractivity contribution in [2.75, 3.05) is 23.8 Å². The number of rotatable bonds is 12. The van der Waals surface area contributed by atoms with Gasteiger partial charge >= 0.3 is 5.97 Å². The number of carbonyl (C=O) groups is 5. The lowest BCUT2D eigenvalue weighted by molar-refractivity contribution is -0.129. The molecule has 2 heterocycles. The first-order valence-electron chi connectivity index (χ1n) is 17.4. The van der Waals surface area contributed by atoms with Gasteiger partial charge in [0.05, 0.1) is 18.7 Å². The molecular weight excluding hydrogens is 756 g/mol. The highest BCUT2D eigenvalue weighted by molar-refractivity contribution is 8.00. The summed E-state index contributed by atoms with van der Waals surface area (Å²) >= 11 is 8.74. The van der Waals surface area contributed by atoms with Crippen LogP contribution in [0, 0.1) is 0 Å². The predicted octanol–water partition coefficient (Wildman–Crippen LogP) is 8.36. The van der Waals surface area contributed by atoms with E-state index in [0.717, 1.165) is 16.0 Å². The molecule has 55 heavy (non-hydrogen) atoms. The molecule has 6 rings (SSSR count). The molecule has 280 valence electrons. The van der Waals surface area contributed by atoms with Gasteiger partial charge in [0.25, 0.3) is 11.8 Å². The van der Waals surface area contributed by atoms with Gasteiger partial charge < -0.3 is 25.6 Å². The van der Waals surface area contributed by atoms with E-state index in [2.05, 4.69) is 16.0 Å². The maximum absolute atomic E-state index is 14.2. The van der Waals surface area contributed by atoms with E-state index in [-0.39, 0.29) is 24.1 Å². The molecule has 10 nitrogen and oxygen atoms in total. The zero-order valence-corrected chi connectivity index (χ0v) is 32.4. The van der Waals surface area contributed by atoms with E-state index in [1.165, 1.54) is 30.0 Å². The van der Waals surface area contributed by atoms with Crippen molar-refractivity contribution in [3.05, 3.63) is 153 Å². The van der Waals surface area contributed by atoms with E-state index in [4.69, 9.17) is 16.3 Å². The van der Waals surface area contributed by atoms with Crippen molar-refractivity contribution in [1.82, 2.24) is 10.2 Å². The molecule has 0 bridgehead atoms. The topological polar surface area (TPSA) is 134 Å². The molecular formula is C42H37ClN4O6S2. The van der Waals surface area contributed by atoms with Crippen LogP contribution in [0.3, 0.4) is 0 Å². The van der Waals surface area contributed by atoms with Crippen LogP contribution in [0.4, 0.5) is 10.7 Å². The number of hydrogen-bond donors (Lipinski definition) is 3. The number of esters is 1. The summed E-state index contributed by atoms with van der Waals surface area (Å²) in [5.74, 6) is -1.98. The third-order valence-electron chi connectivity index (χ3n) is 8.59. The van der Waals surface area contributed by atoms with E-state index >= 15 is 0 Å². The van der Waals surface area contributed by atoms with Crippen LogP contribution in [0.5, 0.6) is 0 Å². The van der Waals surface area contributed by atoms with Crippen LogP contribution in [0.15, 0.2) is 120 Å². The van der Waals surface area contributed by atoms with Gasteiger partial charge in [-0.25, -0.2) is 4.79 Å². The summed E-state index contributed by atoms with van der Waals surface area (Å²) in [6.45, 7) is 4.21. The van der Waals surface area contributed by atoms with Gasteiger partial charge in [-0.2, -0.15) is 0 Å². The van der Waals surface area contributed by atoms with E-state index in [1.807, 2.05) is 36.4 Å². The van der Waals surface area contributed by atoms with Crippen molar-refractivity contribution in [3.8, 4) is 0 Å². The van der Waals surface area contributed by atoms with Crippen LogP contribution >= 0.6 is 34.7 Å². The second-order valence-corrected chi connectivity index (χ2v) is 15.2. The van der Waals surface area contributed by atoms with Gasteiger partial charge in [0.15, 0.2) is 0 Å². The van der Waals surface area contributed by atoms with Gasteiger partial charge in [-0.1, -0.05) is 78.3 Å². The Hall–Kier alpha value is -5.69. The molecule has 1 aromatic heterocycles. The standard InChI is InChI=1S/C42H37ClN4O6S2/c1-3-53-42(52)36-33-20-21-47(26(2)48)25-35(33)55-41(36)46-40(51)37(28-13-6-4-7-14-28)54-32-19-11-18-31(24-32)44-39(50)34(23-27-12-10-17-30(43)22-27)45-38(49)29-15-8-5-9-16-29/h4-19,22-24,37H,3,20-21,25H2,1-2H3,(H,44,50)(H,45,49)(H,46,51)/b34-23-. The smallest absolute Gasteiger partial charge is 0.341 e. The maximum Gasteiger partial charge on any atom is 0.341 e. The number of carbonyl (C=O) groups excluding carboxylic acids is 5. The number of halogens is 1. The van der Waals surface area contributed by atoms with Crippen LogP contribution < -0.4 is 16.0 Å². The number of thiophene rings is 1. The fourth-order valence-electron chi connectivity index (χ4n) is 5.94. The van der Waals surface area contributed by atoms with Crippen molar-refractivity contribution in [3.63, 3.8) is 0 Å². The number of fused-ring (bicyclic) bond motifs is 1. The number of anilines is 2. The highest BCUT2D eigenvalue weighted by Crippen LogP contribution is 2.41. The second kappa shape index (κ2) is 18.1. The van der Waals surface area contributed by atoms with Gasteiger partial charge in [0, 0.05) is 39.5 Å². The van der Waals surface area contributed by atoms with Crippen LogP contribution in [0.2, 0.25) is 5.02 Å². The van der Waals surface area contributed by atoms with Crippen molar-refractivity contribution in [1.29, 1.82) is 0 Å². The minimum atomic E-state index is -0.765. The molecule has 0 saturated carbocycles. The van der Waals surface area contributed by atoms with Gasteiger partial charge in [-0.05, 0) is 78.6 Å². The van der Waals surface area contributed by atoms with E-state index in [0.29, 0.717) is 56.8 Å². The zero-order valence-electron chi connectivity index (χ0n) is 30.0. The minimum Gasteiger partial charge on any atom is -0.462 e. The van der Waals surface area contributed by atoms with Crippen LogP contribution in [-0.4, -0.2) is 47.6 Å². The third-order valence-corrected chi connectivity index (χ3v) is 11.2. The monoisotopic (exact) mass is 792 g/mol. The zero-order chi connectivity index (χ0) is 38.9. The highest BCUT2D eigenvalue weighted by Gasteiger charge is 2.32. The maximum atomic E-state index is 14.2. The van der Waals surface area contributed by atoms with Gasteiger partial charge in [-0.3, -0.25) is 19.2 Å². The molecule has 0 saturated heterocycles. The summed E-state index contributed by atoms with van der Waals surface area (Å²) in [5.41, 5.74) is 3.24. The fourth-order valence-corrected chi connectivity index (χ4v) is 8.48. The number of amides is 4. The number of nitrogens with zero attached hydrogens (tertiary/aromatic N) is 1. The Morgan fingerprint density at radius 1 is 0.909 bits per heavy atom. The summed E-state index contributed by atoms with van der Waals surface area (Å²) in [4.78, 5) is 69.7. The Morgan fingerprint density at radius 3 is 2.35 bits per heavy atom. The van der Waals surface area contributed by atoms with E-state index in [9.17, 15) is 24.0 Å². The Morgan fingerprint density at radius 2 is 1.64 bits per heavy atom. The Kier molecular flexibility index (Phi) is 12.8. The SMILES string of the molecule is CCOC(=O)c1c(NC(=O)C(Sc2cccc(NC(=O)/C(=C/c3cccc(Cl)c3)NC(=O)c3ccccc3)c2)c2ccccc2)sc2c1CCN(C(C)=O)C2. The first-order chi connectivity index (χ1) is 26.6. The molecule has 1 atom stereocenters. The molecule has 1 aliphatic rings. The third kappa shape index (κ3) is 9.90. The van der Waals surface area contributed by atoms with Crippen LogP contribution in [-0.2, 0) is 32.1 Å². The summed E-state index contributed by atoms with van der Waals surface area (Å²) < 4.78 is 5.40. The highest BCUT2D eigenvalue weighted by atomic mass is 35.5. The predicted molar refractivity (Wildman–Crippen MR) is 217 cm³/mol. The lowest BCUT2D eigenvalue weighted by Gasteiger charge is -2.25. The Labute approximate surface area is 331 Å². The molecule has 1 aliphatic heterocycles. The number of hydrogen-bond acceptors (Lipinski definition) is 8. The van der Waals surface area contributed by atoms with Crippen LogP contribution in [0.25, 0.3) is 6.08 Å². The first-order valence-corrected chi connectivity index (χ1v) is 19.5. The van der Waals surface area contributed by atoms with Crippen LogP contribution in [0.1, 0.15) is 61.4 Å². The Bertz CT molecular complexity index is 2260. The molecule has 3 N–H and O–H groups in total. The number of nitrogens with one attached hydrogen (secondary N) is 3. The molecule has 5 aromatic rings. The molecule has 13 heteroatoms. The normalized spacial score (nSPS) is 12.9. The van der Waals surface area contributed by atoms with Gasteiger partial charge in [0.1, 0.15) is 15.9 Å². The number of ether oxygens (including phenoxy) is 1. The summed E-state index contributed by atoms with van der Waals surface area (Å²) in [6, 6.07) is 31.7. The van der Waals surface area contributed by atoms with Gasteiger partial charge in [0.2, 0.25) is 11.8 Å². The van der Waals surface area contributed by atoms with Gasteiger partial charge in [-0.15, -0.1) is 23.1 Å². The fraction of sp³-hybridized carbons (Fsp3) is 0.167. The molecule has 0 radical (unpaired) electrons. The summed E-state index contributed by atoms with van der Waals surface area (Å²) in [5, 5.41) is 8.71. The van der Waals surface area contributed by atoms with E-state index < -0.39 is 23.0 Å². The quantitative estimate of drug-likeness (QED) is 0.0657. The lowest BCUT2D eigenvalue weighted by atomic mass is 10.0. The minimum absolute atomic E-state index is 0.00168. The number of thioether (sulfide) groups is 1. The summed E-state index contributed by atoms with van der Waals surface area (Å²) in [7, 11) is 0. The molecule has 4 amide bonds. The molecule has 0 spiro atoms. The molecule has 0 aliphatic carbocycles.